The molecule has 1 heterocycles. The minimum Gasteiger partial charge on any atom is -0.497 e. The number of nitrogens with two attached hydrogens (primary N) is 1. The molecule has 160 valence electrons. The second kappa shape index (κ2) is 11.6. The molecule has 0 aliphatic carbocycles. The maximum absolute atomic E-state index is 5.88. The molecular weight excluding hydrogens is 362 g/mol. The third kappa shape index (κ3) is 8.67. The zero-order valence-corrected chi connectivity index (χ0v) is 18.5. The lowest BCUT2D eigenvalue weighted by molar-refractivity contribution is 0.286. The van der Waals surface area contributed by atoms with Crippen LogP contribution in [0.1, 0.15) is 77.1 Å². The second-order valence-corrected chi connectivity index (χ2v) is 8.46. The minimum atomic E-state index is 0.271. The summed E-state index contributed by atoms with van der Waals surface area (Å²) in [4.78, 5) is 13.0. The zero-order valence-electron chi connectivity index (χ0n) is 18.5. The number of aromatic nitrogens is 3. The van der Waals surface area contributed by atoms with E-state index in [0.29, 0.717) is 17.9 Å². The number of benzene rings is 1. The van der Waals surface area contributed by atoms with Crippen molar-refractivity contribution < 1.29 is 4.74 Å². The van der Waals surface area contributed by atoms with Gasteiger partial charge in [0.25, 0.3) is 0 Å². The molecule has 0 aliphatic heterocycles. The van der Waals surface area contributed by atoms with Crippen LogP contribution in [0.2, 0.25) is 0 Å². The lowest BCUT2D eigenvalue weighted by Crippen LogP contribution is -2.11. The van der Waals surface area contributed by atoms with Gasteiger partial charge in [0.05, 0.1) is 7.11 Å². The Morgan fingerprint density at radius 1 is 0.966 bits per heavy atom. The predicted molar refractivity (Wildman–Crippen MR) is 120 cm³/mol. The number of hydrogen-bond acceptors (Lipinski definition) is 6. The number of nitrogens with one attached hydrogen (secondary N) is 1. The van der Waals surface area contributed by atoms with Gasteiger partial charge >= 0.3 is 0 Å². The van der Waals surface area contributed by atoms with E-state index < -0.39 is 0 Å². The first kappa shape index (κ1) is 22.9. The second-order valence-electron chi connectivity index (χ2n) is 8.46. The molecule has 1 aromatic carbocycles. The van der Waals surface area contributed by atoms with Crippen molar-refractivity contribution in [3.8, 4) is 5.75 Å². The average Bonchev–Trinajstić information content (AvgIpc) is 2.70. The van der Waals surface area contributed by atoms with Gasteiger partial charge < -0.3 is 15.8 Å². The summed E-state index contributed by atoms with van der Waals surface area (Å²) in [6.07, 6.45) is 9.54. The van der Waals surface area contributed by atoms with Gasteiger partial charge in [-0.25, -0.2) is 0 Å². The number of unbranched alkanes of at least 4 members (excludes halogenated alkanes) is 3. The fraction of sp³-hybridized carbons (Fsp3) is 0.609. The smallest absolute Gasteiger partial charge is 0.228 e. The van der Waals surface area contributed by atoms with Gasteiger partial charge in [-0.15, -0.1) is 0 Å². The van der Waals surface area contributed by atoms with Crippen LogP contribution in [-0.2, 0) is 13.0 Å². The van der Waals surface area contributed by atoms with Crippen molar-refractivity contribution in [1.29, 1.82) is 0 Å². The van der Waals surface area contributed by atoms with Crippen LogP contribution in [0.4, 0.5) is 11.9 Å². The highest BCUT2D eigenvalue weighted by Gasteiger charge is 2.16. The van der Waals surface area contributed by atoms with Crippen molar-refractivity contribution in [2.24, 2.45) is 5.41 Å². The molecule has 0 atom stereocenters. The standard InChI is InChI=1S/C23H37N5O/c1-5-6-15-23(2,3)16-9-7-8-10-20-26-21(24)28-22(27-20)25-17-18-11-13-19(29-4)14-12-18/h11-14H,5-10,15-17H2,1-4H3,(H3,24,25,26,27,28). The average molecular weight is 400 g/mol. The van der Waals surface area contributed by atoms with Crippen LogP contribution in [0.15, 0.2) is 24.3 Å². The number of anilines is 2. The molecule has 0 spiro atoms. The molecule has 6 nitrogen and oxygen atoms in total. The fourth-order valence-corrected chi connectivity index (χ4v) is 3.40. The Morgan fingerprint density at radius 2 is 1.69 bits per heavy atom. The van der Waals surface area contributed by atoms with Gasteiger partial charge in [-0.05, 0) is 42.4 Å². The maximum atomic E-state index is 5.88. The largest absolute Gasteiger partial charge is 0.497 e. The van der Waals surface area contributed by atoms with E-state index in [1.54, 1.807) is 7.11 Å². The topological polar surface area (TPSA) is 86.0 Å². The monoisotopic (exact) mass is 399 g/mol. The van der Waals surface area contributed by atoms with Gasteiger partial charge in [-0.2, -0.15) is 15.0 Å². The van der Waals surface area contributed by atoms with Crippen LogP contribution in [-0.4, -0.2) is 22.1 Å². The molecule has 0 saturated heterocycles. The van der Waals surface area contributed by atoms with Gasteiger partial charge in [-0.3, -0.25) is 0 Å². The molecule has 1 aromatic heterocycles. The molecule has 0 radical (unpaired) electrons. The van der Waals surface area contributed by atoms with Gasteiger partial charge in [-0.1, -0.05) is 58.6 Å². The number of hydrogen-bond donors (Lipinski definition) is 2. The number of ether oxygens (including phenoxy) is 1. The number of nitrogens with zero attached hydrogens (tertiary/aromatic N) is 3. The molecule has 0 saturated carbocycles. The normalized spacial score (nSPS) is 11.4. The van der Waals surface area contributed by atoms with Crippen LogP contribution in [0, 0.1) is 5.41 Å². The number of rotatable bonds is 13. The number of aryl methyl sites for hydroxylation is 1. The summed E-state index contributed by atoms with van der Waals surface area (Å²) >= 11 is 0. The van der Waals surface area contributed by atoms with E-state index in [-0.39, 0.29) is 5.95 Å². The molecule has 2 aromatic rings. The highest BCUT2D eigenvalue weighted by atomic mass is 16.5. The first-order chi connectivity index (χ1) is 13.9. The van der Waals surface area contributed by atoms with E-state index in [4.69, 9.17) is 10.5 Å². The summed E-state index contributed by atoms with van der Waals surface area (Å²) in [5.41, 5.74) is 7.45. The van der Waals surface area contributed by atoms with Gasteiger partial charge in [0.15, 0.2) is 0 Å². The third-order valence-electron chi connectivity index (χ3n) is 5.27. The summed E-state index contributed by atoms with van der Waals surface area (Å²) in [7, 11) is 1.66. The molecule has 3 N–H and O–H groups in total. The summed E-state index contributed by atoms with van der Waals surface area (Å²) in [5, 5.41) is 3.24. The summed E-state index contributed by atoms with van der Waals surface area (Å²) < 4.78 is 5.18. The summed E-state index contributed by atoms with van der Waals surface area (Å²) in [6.45, 7) is 7.66. The van der Waals surface area contributed by atoms with E-state index in [9.17, 15) is 0 Å². The molecule has 29 heavy (non-hydrogen) atoms. The third-order valence-corrected chi connectivity index (χ3v) is 5.27. The lowest BCUT2D eigenvalue weighted by atomic mass is 9.82. The predicted octanol–water partition coefficient (Wildman–Crippen LogP) is 5.39. The van der Waals surface area contributed by atoms with Crippen LogP contribution in [0.25, 0.3) is 0 Å². The van der Waals surface area contributed by atoms with E-state index in [0.717, 1.165) is 30.0 Å². The highest BCUT2D eigenvalue weighted by Crippen LogP contribution is 2.29. The van der Waals surface area contributed by atoms with E-state index >= 15 is 0 Å². The zero-order chi connectivity index (χ0) is 21.1. The fourth-order valence-electron chi connectivity index (χ4n) is 3.40. The first-order valence-electron chi connectivity index (χ1n) is 10.8. The van der Waals surface area contributed by atoms with Crippen LogP contribution in [0.5, 0.6) is 5.75 Å². The lowest BCUT2D eigenvalue weighted by Gasteiger charge is -2.24. The van der Waals surface area contributed by atoms with Gasteiger partial charge in [0, 0.05) is 13.0 Å². The van der Waals surface area contributed by atoms with Gasteiger partial charge in [0.2, 0.25) is 11.9 Å². The van der Waals surface area contributed by atoms with Crippen LogP contribution in [0.3, 0.4) is 0 Å². The van der Waals surface area contributed by atoms with E-state index in [1.165, 1.54) is 38.5 Å². The summed E-state index contributed by atoms with van der Waals surface area (Å²) in [5.74, 6) is 2.41. The van der Waals surface area contributed by atoms with Crippen molar-refractivity contribution in [2.45, 2.75) is 78.7 Å². The number of methoxy groups -OCH3 is 1. The molecule has 0 aliphatic rings. The Balaban J connectivity index is 1.77. The van der Waals surface area contributed by atoms with Crippen LogP contribution < -0.4 is 15.8 Å². The molecule has 0 fully saturated rings. The van der Waals surface area contributed by atoms with E-state index in [2.05, 4.69) is 41.0 Å². The molecule has 6 heteroatoms. The minimum absolute atomic E-state index is 0.271. The van der Waals surface area contributed by atoms with Crippen LogP contribution >= 0.6 is 0 Å². The Labute approximate surface area is 175 Å². The van der Waals surface area contributed by atoms with Crippen molar-refractivity contribution in [2.75, 3.05) is 18.2 Å². The maximum Gasteiger partial charge on any atom is 0.228 e. The highest BCUT2D eigenvalue weighted by molar-refractivity contribution is 5.34. The van der Waals surface area contributed by atoms with Crippen molar-refractivity contribution in [1.82, 2.24) is 15.0 Å². The first-order valence-corrected chi connectivity index (χ1v) is 10.8. The number of nitrogen functional groups attached to an aromatic ring is 1. The Kier molecular flexibility index (Phi) is 9.16. The summed E-state index contributed by atoms with van der Waals surface area (Å²) in [6, 6.07) is 7.90. The molecule has 0 bridgehead atoms. The van der Waals surface area contributed by atoms with Crippen molar-refractivity contribution >= 4 is 11.9 Å². The Bertz CT molecular complexity index is 731. The van der Waals surface area contributed by atoms with Crippen molar-refractivity contribution in [3.63, 3.8) is 0 Å². The van der Waals surface area contributed by atoms with Crippen molar-refractivity contribution in [3.05, 3.63) is 35.7 Å². The van der Waals surface area contributed by atoms with E-state index in [1.807, 2.05) is 24.3 Å². The molecular formula is C23H37N5O. The quantitative estimate of drug-likeness (QED) is 0.439. The Hall–Kier alpha value is -2.37. The molecule has 0 unspecified atom stereocenters. The van der Waals surface area contributed by atoms with Gasteiger partial charge in [0.1, 0.15) is 11.6 Å². The SMILES string of the molecule is CCCCC(C)(C)CCCCCc1nc(N)nc(NCc2ccc(OC)cc2)n1. The molecule has 0 amide bonds. The molecule has 2 rings (SSSR count). The Morgan fingerprint density at radius 3 is 2.38 bits per heavy atom.